The monoisotopic (exact) mass is 291 g/mol. The van der Waals surface area contributed by atoms with Crippen molar-refractivity contribution in [2.75, 3.05) is 24.3 Å². The molecule has 0 fully saturated rings. The third-order valence-electron chi connectivity index (χ3n) is 2.85. The summed E-state index contributed by atoms with van der Waals surface area (Å²) in [6, 6.07) is 11.4. The van der Waals surface area contributed by atoms with Crippen molar-refractivity contribution in [1.82, 2.24) is 4.98 Å². The third-order valence-corrected chi connectivity index (χ3v) is 3.20. The van der Waals surface area contributed by atoms with Crippen LogP contribution in [0, 0.1) is 0 Å². The molecule has 0 saturated heterocycles. The molecule has 20 heavy (non-hydrogen) atoms. The largest absolute Gasteiger partial charge is 0.496 e. The van der Waals surface area contributed by atoms with Gasteiger partial charge in [0.25, 0.3) is 0 Å². The zero-order valence-electron chi connectivity index (χ0n) is 11.6. The average Bonchev–Trinajstić information content (AvgIpc) is 2.46. The van der Waals surface area contributed by atoms with E-state index in [2.05, 4.69) is 15.6 Å². The van der Waals surface area contributed by atoms with Crippen molar-refractivity contribution in [3.63, 3.8) is 0 Å². The van der Waals surface area contributed by atoms with Crippen LogP contribution in [-0.2, 0) is 6.54 Å². The van der Waals surface area contributed by atoms with Crippen LogP contribution in [0.2, 0.25) is 5.02 Å². The number of hydrogen-bond acceptors (Lipinski definition) is 4. The summed E-state index contributed by atoms with van der Waals surface area (Å²) in [6.07, 6.45) is 0. The maximum Gasteiger partial charge on any atom is 0.128 e. The van der Waals surface area contributed by atoms with Crippen LogP contribution in [0.3, 0.4) is 0 Å². The van der Waals surface area contributed by atoms with Gasteiger partial charge in [0.1, 0.15) is 17.4 Å². The van der Waals surface area contributed by atoms with Gasteiger partial charge >= 0.3 is 0 Å². The molecule has 2 N–H and O–H groups in total. The van der Waals surface area contributed by atoms with E-state index in [4.69, 9.17) is 16.3 Å². The molecule has 0 spiro atoms. The van der Waals surface area contributed by atoms with Crippen LogP contribution >= 0.6 is 11.6 Å². The number of benzene rings is 1. The molecule has 0 aliphatic carbocycles. The lowest BCUT2D eigenvalue weighted by atomic mass is 10.2. The van der Waals surface area contributed by atoms with Gasteiger partial charge in [0.05, 0.1) is 7.11 Å². The maximum atomic E-state index is 6.20. The van der Waals surface area contributed by atoms with Crippen LogP contribution < -0.4 is 15.4 Å². The fourth-order valence-electron chi connectivity index (χ4n) is 1.89. The maximum absolute atomic E-state index is 6.20. The van der Waals surface area contributed by atoms with Gasteiger partial charge in [-0.25, -0.2) is 4.98 Å². The number of hydrogen-bond donors (Lipinski definition) is 2. The zero-order chi connectivity index (χ0) is 14.4. The first-order valence-electron chi connectivity index (χ1n) is 6.50. The minimum atomic E-state index is 0.561. The van der Waals surface area contributed by atoms with Crippen LogP contribution in [0.4, 0.5) is 11.6 Å². The highest BCUT2D eigenvalue weighted by Crippen LogP contribution is 2.26. The predicted octanol–water partition coefficient (Wildman–Crippen LogP) is 3.79. The summed E-state index contributed by atoms with van der Waals surface area (Å²) < 4.78 is 5.32. The molecule has 0 radical (unpaired) electrons. The number of pyridine rings is 1. The second-order valence-corrected chi connectivity index (χ2v) is 4.62. The van der Waals surface area contributed by atoms with Crippen LogP contribution in [0.25, 0.3) is 0 Å². The molecule has 2 rings (SSSR count). The first-order valence-corrected chi connectivity index (χ1v) is 6.88. The van der Waals surface area contributed by atoms with Crippen molar-refractivity contribution in [1.29, 1.82) is 0 Å². The van der Waals surface area contributed by atoms with E-state index < -0.39 is 0 Å². The Hall–Kier alpha value is -1.94. The van der Waals surface area contributed by atoms with Crippen LogP contribution in [0.15, 0.2) is 36.4 Å². The number of anilines is 2. The van der Waals surface area contributed by atoms with Crippen molar-refractivity contribution < 1.29 is 4.74 Å². The molecule has 0 unspecified atom stereocenters. The van der Waals surface area contributed by atoms with Crippen LogP contribution in [0.1, 0.15) is 12.5 Å². The molecule has 5 heteroatoms. The van der Waals surface area contributed by atoms with E-state index in [1.54, 1.807) is 7.11 Å². The number of methoxy groups -OCH3 is 1. The van der Waals surface area contributed by atoms with Gasteiger partial charge in [0, 0.05) is 23.7 Å². The smallest absolute Gasteiger partial charge is 0.128 e. The Labute approximate surface area is 124 Å². The molecule has 1 aromatic heterocycles. The Kier molecular flexibility index (Phi) is 5.07. The molecule has 2 aromatic rings. The van der Waals surface area contributed by atoms with Crippen LogP contribution in [0.5, 0.6) is 5.75 Å². The normalized spacial score (nSPS) is 10.2. The molecule has 1 heterocycles. The number of nitrogens with zero attached hydrogens (tertiary/aromatic N) is 1. The summed E-state index contributed by atoms with van der Waals surface area (Å²) in [4.78, 5) is 4.46. The Balaban J connectivity index is 2.10. The van der Waals surface area contributed by atoms with E-state index >= 15 is 0 Å². The predicted molar refractivity (Wildman–Crippen MR) is 83.7 cm³/mol. The number of ether oxygens (including phenoxy) is 1. The molecule has 1 aromatic carbocycles. The molecule has 0 bridgehead atoms. The number of halogens is 1. The van der Waals surface area contributed by atoms with Crippen molar-refractivity contribution in [3.8, 4) is 5.75 Å². The standard InChI is InChI=1S/C15H18ClN3O/c1-3-17-14-8-5-9-15(19-14)18-10-11-12(16)6-4-7-13(11)20-2/h4-9H,3,10H2,1-2H3,(H2,17,18,19). The summed E-state index contributed by atoms with van der Waals surface area (Å²) in [6.45, 7) is 3.44. The lowest BCUT2D eigenvalue weighted by molar-refractivity contribution is 0.410. The van der Waals surface area contributed by atoms with E-state index in [1.165, 1.54) is 0 Å². The quantitative estimate of drug-likeness (QED) is 0.850. The van der Waals surface area contributed by atoms with E-state index in [0.717, 1.165) is 29.5 Å². The lowest BCUT2D eigenvalue weighted by Crippen LogP contribution is -2.06. The van der Waals surface area contributed by atoms with Gasteiger partial charge < -0.3 is 15.4 Å². The molecule has 0 aliphatic heterocycles. The first kappa shape index (κ1) is 14.5. The molecule has 0 amide bonds. The van der Waals surface area contributed by atoms with E-state index in [-0.39, 0.29) is 0 Å². The fourth-order valence-corrected chi connectivity index (χ4v) is 2.13. The molecule has 0 saturated carbocycles. The van der Waals surface area contributed by atoms with E-state index in [9.17, 15) is 0 Å². The van der Waals surface area contributed by atoms with E-state index in [1.807, 2.05) is 43.3 Å². The van der Waals surface area contributed by atoms with Gasteiger partial charge in [-0.2, -0.15) is 0 Å². The Bertz CT molecular complexity index is 575. The summed E-state index contributed by atoms with van der Waals surface area (Å²) in [5.41, 5.74) is 0.923. The molecule has 0 aliphatic rings. The third kappa shape index (κ3) is 3.54. The molecule has 4 nitrogen and oxygen atoms in total. The fraction of sp³-hybridized carbons (Fsp3) is 0.267. The number of aromatic nitrogens is 1. The summed E-state index contributed by atoms with van der Waals surface area (Å²) in [7, 11) is 1.64. The zero-order valence-corrected chi connectivity index (χ0v) is 12.4. The Morgan fingerprint density at radius 3 is 2.50 bits per heavy atom. The second kappa shape index (κ2) is 7.01. The van der Waals surface area contributed by atoms with Gasteiger partial charge in [0.2, 0.25) is 0 Å². The van der Waals surface area contributed by atoms with Gasteiger partial charge in [-0.05, 0) is 31.2 Å². The summed E-state index contributed by atoms with van der Waals surface area (Å²) >= 11 is 6.20. The van der Waals surface area contributed by atoms with Crippen molar-refractivity contribution >= 4 is 23.2 Å². The van der Waals surface area contributed by atoms with Gasteiger partial charge in [-0.1, -0.05) is 23.7 Å². The summed E-state index contributed by atoms with van der Waals surface area (Å²) in [5, 5.41) is 7.12. The van der Waals surface area contributed by atoms with Crippen LogP contribution in [-0.4, -0.2) is 18.6 Å². The SMILES string of the molecule is CCNc1cccc(NCc2c(Cl)cccc2OC)n1. The van der Waals surface area contributed by atoms with Crippen molar-refractivity contribution in [2.24, 2.45) is 0 Å². The minimum Gasteiger partial charge on any atom is -0.496 e. The summed E-state index contributed by atoms with van der Waals surface area (Å²) in [5.74, 6) is 2.42. The Morgan fingerprint density at radius 1 is 1.10 bits per heavy atom. The molecular weight excluding hydrogens is 274 g/mol. The minimum absolute atomic E-state index is 0.561. The first-order chi connectivity index (χ1) is 9.74. The molecule has 106 valence electrons. The molecular formula is C15H18ClN3O. The highest BCUT2D eigenvalue weighted by atomic mass is 35.5. The number of rotatable bonds is 6. The highest BCUT2D eigenvalue weighted by molar-refractivity contribution is 6.31. The van der Waals surface area contributed by atoms with Gasteiger partial charge in [-0.3, -0.25) is 0 Å². The number of nitrogens with one attached hydrogen (secondary N) is 2. The van der Waals surface area contributed by atoms with Gasteiger partial charge in [-0.15, -0.1) is 0 Å². The molecule has 0 atom stereocenters. The lowest BCUT2D eigenvalue weighted by Gasteiger charge is -2.12. The Morgan fingerprint density at radius 2 is 1.80 bits per heavy atom. The second-order valence-electron chi connectivity index (χ2n) is 4.21. The van der Waals surface area contributed by atoms with Crippen molar-refractivity contribution in [2.45, 2.75) is 13.5 Å². The van der Waals surface area contributed by atoms with Crippen molar-refractivity contribution in [3.05, 3.63) is 47.0 Å². The topological polar surface area (TPSA) is 46.2 Å². The average molecular weight is 292 g/mol. The van der Waals surface area contributed by atoms with E-state index in [0.29, 0.717) is 11.6 Å². The highest BCUT2D eigenvalue weighted by Gasteiger charge is 2.07. The van der Waals surface area contributed by atoms with Gasteiger partial charge in [0.15, 0.2) is 0 Å².